The minimum Gasteiger partial charge on any atom is -0.437 e. The molecule has 2 aromatic carbocycles. The first-order valence-electron chi connectivity index (χ1n) is 8.14. The number of nitrogens with one attached hydrogen (secondary N) is 1. The molecule has 0 unspecified atom stereocenters. The molecule has 2 aromatic heterocycles. The van der Waals surface area contributed by atoms with Crippen LogP contribution in [0.15, 0.2) is 75.4 Å². The molecular formula is C19H15N5O2S. The molecular weight excluding hydrogens is 362 g/mol. The fourth-order valence-electron chi connectivity index (χ4n) is 2.37. The number of aryl methyl sites for hydroxylation is 1. The van der Waals surface area contributed by atoms with Gasteiger partial charge in [-0.2, -0.15) is 0 Å². The van der Waals surface area contributed by atoms with Crippen molar-refractivity contribution in [3.63, 3.8) is 0 Å². The van der Waals surface area contributed by atoms with Gasteiger partial charge >= 0.3 is 0 Å². The minimum absolute atomic E-state index is 0.258. The van der Waals surface area contributed by atoms with Gasteiger partial charge in [0, 0.05) is 29.8 Å². The molecule has 4 aromatic rings. The summed E-state index contributed by atoms with van der Waals surface area (Å²) in [6, 6.07) is 15.0. The Kier molecular flexibility index (Phi) is 4.71. The van der Waals surface area contributed by atoms with Crippen molar-refractivity contribution in [2.24, 2.45) is 7.05 Å². The SMILES string of the molecule is Cn1cnnc1Sc1ccc(NC(=O)/C=C/c2nc3ccccc3o2)cc1. The van der Waals surface area contributed by atoms with Gasteiger partial charge in [0.25, 0.3) is 0 Å². The van der Waals surface area contributed by atoms with Crippen molar-refractivity contribution in [1.82, 2.24) is 19.7 Å². The van der Waals surface area contributed by atoms with Crippen molar-refractivity contribution in [2.45, 2.75) is 10.1 Å². The van der Waals surface area contributed by atoms with Crippen molar-refractivity contribution in [2.75, 3.05) is 5.32 Å². The van der Waals surface area contributed by atoms with Crippen molar-refractivity contribution >= 4 is 40.5 Å². The van der Waals surface area contributed by atoms with Gasteiger partial charge in [0.2, 0.25) is 11.8 Å². The normalized spacial score (nSPS) is 11.3. The van der Waals surface area contributed by atoms with E-state index in [4.69, 9.17) is 4.42 Å². The van der Waals surface area contributed by atoms with Gasteiger partial charge in [-0.3, -0.25) is 4.79 Å². The van der Waals surface area contributed by atoms with Crippen LogP contribution in [0.25, 0.3) is 17.2 Å². The number of oxazole rings is 1. The average Bonchev–Trinajstić information content (AvgIpc) is 3.27. The molecule has 134 valence electrons. The lowest BCUT2D eigenvalue weighted by Gasteiger charge is -2.04. The molecule has 0 aliphatic rings. The number of rotatable bonds is 5. The molecule has 2 heterocycles. The van der Waals surface area contributed by atoms with Gasteiger partial charge in [-0.15, -0.1) is 10.2 Å². The predicted molar refractivity (Wildman–Crippen MR) is 103 cm³/mol. The van der Waals surface area contributed by atoms with Crippen LogP contribution in [-0.2, 0) is 11.8 Å². The molecule has 0 aliphatic heterocycles. The Labute approximate surface area is 159 Å². The molecule has 0 atom stereocenters. The van der Waals surface area contributed by atoms with Crippen LogP contribution >= 0.6 is 11.8 Å². The van der Waals surface area contributed by atoms with Crippen LogP contribution in [-0.4, -0.2) is 25.7 Å². The molecule has 4 rings (SSSR count). The number of hydrogen-bond acceptors (Lipinski definition) is 6. The second-order valence-corrected chi connectivity index (χ2v) is 6.73. The largest absolute Gasteiger partial charge is 0.437 e. The number of carbonyl (C=O) groups is 1. The monoisotopic (exact) mass is 377 g/mol. The Bertz CT molecular complexity index is 1080. The van der Waals surface area contributed by atoms with E-state index in [1.165, 1.54) is 17.8 Å². The highest BCUT2D eigenvalue weighted by Crippen LogP contribution is 2.26. The zero-order valence-electron chi connectivity index (χ0n) is 14.4. The van der Waals surface area contributed by atoms with E-state index in [2.05, 4.69) is 20.5 Å². The van der Waals surface area contributed by atoms with Crippen LogP contribution < -0.4 is 5.32 Å². The van der Waals surface area contributed by atoms with Gasteiger partial charge in [-0.1, -0.05) is 12.1 Å². The van der Waals surface area contributed by atoms with Crippen LogP contribution in [0.3, 0.4) is 0 Å². The Morgan fingerprint density at radius 2 is 2.00 bits per heavy atom. The standard InChI is InChI=1S/C19H15N5O2S/c1-24-12-20-23-19(24)27-14-8-6-13(7-9-14)21-17(25)10-11-18-22-15-4-2-3-5-16(15)26-18/h2-12H,1H3,(H,21,25)/b11-10+. The van der Waals surface area contributed by atoms with Crippen LogP contribution in [0.5, 0.6) is 0 Å². The van der Waals surface area contributed by atoms with Crippen molar-refractivity contribution in [1.29, 1.82) is 0 Å². The first-order valence-corrected chi connectivity index (χ1v) is 8.95. The number of carbonyl (C=O) groups excluding carboxylic acids is 1. The topological polar surface area (TPSA) is 85.8 Å². The van der Waals surface area contributed by atoms with E-state index in [1.807, 2.05) is 60.1 Å². The summed E-state index contributed by atoms with van der Waals surface area (Å²) < 4.78 is 7.39. The van der Waals surface area contributed by atoms with Gasteiger partial charge in [-0.05, 0) is 48.2 Å². The fraction of sp³-hybridized carbons (Fsp3) is 0.0526. The maximum atomic E-state index is 12.1. The van der Waals surface area contributed by atoms with Crippen molar-refractivity contribution in [3.8, 4) is 0 Å². The number of fused-ring (bicyclic) bond motifs is 1. The Hall–Kier alpha value is -3.39. The summed E-state index contributed by atoms with van der Waals surface area (Å²) in [6.07, 6.45) is 4.60. The Morgan fingerprint density at radius 3 is 2.74 bits per heavy atom. The third kappa shape index (κ3) is 4.06. The molecule has 1 N–H and O–H groups in total. The zero-order valence-corrected chi connectivity index (χ0v) is 15.2. The molecule has 0 saturated carbocycles. The lowest BCUT2D eigenvalue weighted by atomic mass is 10.3. The first-order chi connectivity index (χ1) is 13.2. The van der Waals surface area contributed by atoms with Gasteiger partial charge in [0.1, 0.15) is 11.8 Å². The quantitative estimate of drug-likeness (QED) is 0.533. The number of aromatic nitrogens is 4. The highest BCUT2D eigenvalue weighted by atomic mass is 32.2. The smallest absolute Gasteiger partial charge is 0.248 e. The van der Waals surface area contributed by atoms with Crippen molar-refractivity contribution in [3.05, 3.63) is 66.8 Å². The molecule has 27 heavy (non-hydrogen) atoms. The lowest BCUT2D eigenvalue weighted by Crippen LogP contribution is -2.07. The number of para-hydroxylation sites is 2. The van der Waals surface area contributed by atoms with E-state index in [9.17, 15) is 4.79 Å². The maximum Gasteiger partial charge on any atom is 0.248 e. The third-order valence-electron chi connectivity index (χ3n) is 3.69. The average molecular weight is 377 g/mol. The van der Waals surface area contributed by atoms with Crippen LogP contribution in [0.2, 0.25) is 0 Å². The molecule has 0 radical (unpaired) electrons. The lowest BCUT2D eigenvalue weighted by molar-refractivity contribution is -0.111. The van der Waals surface area contributed by atoms with E-state index in [0.29, 0.717) is 17.2 Å². The van der Waals surface area contributed by atoms with Gasteiger partial charge in [-0.25, -0.2) is 4.98 Å². The summed E-state index contributed by atoms with van der Waals surface area (Å²) in [5, 5.41) is 11.5. The van der Waals surface area contributed by atoms with Crippen molar-refractivity contribution < 1.29 is 9.21 Å². The Morgan fingerprint density at radius 1 is 1.19 bits per heavy atom. The first kappa shape index (κ1) is 17.0. The predicted octanol–water partition coefficient (Wildman–Crippen LogP) is 3.76. The molecule has 8 heteroatoms. The third-order valence-corrected chi connectivity index (χ3v) is 4.75. The number of nitrogens with zero attached hydrogens (tertiary/aromatic N) is 4. The summed E-state index contributed by atoms with van der Waals surface area (Å²) in [5.74, 6) is 0.132. The van der Waals surface area contributed by atoms with E-state index in [1.54, 1.807) is 12.4 Å². The second kappa shape index (κ2) is 7.46. The van der Waals surface area contributed by atoms with Gasteiger partial charge < -0.3 is 14.3 Å². The zero-order chi connectivity index (χ0) is 18.6. The molecule has 7 nitrogen and oxygen atoms in total. The molecule has 0 bridgehead atoms. The van der Waals surface area contributed by atoms with E-state index < -0.39 is 0 Å². The number of benzene rings is 2. The minimum atomic E-state index is -0.258. The second-order valence-electron chi connectivity index (χ2n) is 5.69. The summed E-state index contributed by atoms with van der Waals surface area (Å²) in [7, 11) is 1.89. The molecule has 1 amide bonds. The highest BCUT2D eigenvalue weighted by Gasteiger charge is 2.05. The summed E-state index contributed by atoms with van der Waals surface area (Å²) in [6.45, 7) is 0. The molecule has 0 aliphatic carbocycles. The van der Waals surface area contributed by atoms with Gasteiger partial charge in [0.05, 0.1) is 0 Å². The summed E-state index contributed by atoms with van der Waals surface area (Å²) >= 11 is 1.50. The van der Waals surface area contributed by atoms with Crippen LogP contribution in [0.4, 0.5) is 5.69 Å². The number of anilines is 1. The molecule has 0 spiro atoms. The highest BCUT2D eigenvalue weighted by molar-refractivity contribution is 7.99. The molecule has 0 fully saturated rings. The summed E-state index contributed by atoms with van der Waals surface area (Å²) in [5.41, 5.74) is 2.15. The Balaban J connectivity index is 1.38. The number of amides is 1. The maximum absolute atomic E-state index is 12.1. The van der Waals surface area contributed by atoms with E-state index in [-0.39, 0.29) is 5.91 Å². The van der Waals surface area contributed by atoms with E-state index >= 15 is 0 Å². The van der Waals surface area contributed by atoms with E-state index in [0.717, 1.165) is 15.6 Å². The molecule has 0 saturated heterocycles. The number of hydrogen-bond donors (Lipinski definition) is 1. The van der Waals surface area contributed by atoms with Crippen LogP contribution in [0.1, 0.15) is 5.89 Å². The summed E-state index contributed by atoms with van der Waals surface area (Å²) in [4.78, 5) is 17.4. The van der Waals surface area contributed by atoms with Gasteiger partial charge in [0.15, 0.2) is 10.7 Å². The van der Waals surface area contributed by atoms with Crippen LogP contribution in [0, 0.1) is 0 Å². The fourth-order valence-corrected chi connectivity index (χ4v) is 3.13.